The van der Waals surface area contributed by atoms with Gasteiger partial charge in [-0.15, -0.1) is 0 Å². The summed E-state index contributed by atoms with van der Waals surface area (Å²) in [5, 5.41) is 7.58. The van der Waals surface area contributed by atoms with Crippen LogP contribution in [0.5, 0.6) is 0 Å². The quantitative estimate of drug-likeness (QED) is 0.315. The molecule has 0 saturated heterocycles. The fraction of sp³-hybridized carbons (Fsp3) is 1.00. The molecule has 1 N–H and O–H groups in total. The maximum atomic E-state index is 7.58. The molecule has 0 heterocycles. The maximum absolute atomic E-state index is 7.58. The lowest BCUT2D eigenvalue weighted by Crippen LogP contribution is -1.61. The van der Waals surface area contributed by atoms with E-state index in [-0.39, 0.29) is 8.81 Å². The van der Waals surface area contributed by atoms with E-state index in [1.54, 1.807) is 0 Å². The van der Waals surface area contributed by atoms with Crippen LogP contribution in [0.3, 0.4) is 0 Å². The Hall–Kier alpha value is 0.350. The van der Waals surface area contributed by atoms with Gasteiger partial charge in [0.25, 0.3) is 0 Å². The molecule has 0 aromatic heterocycles. The molecule has 32 valence electrons. The average Bonchev–Trinajstić information content (AvgIpc) is 1.41. The van der Waals surface area contributed by atoms with Crippen molar-refractivity contribution >= 4 is 8.81 Å². The zero-order valence-corrected chi connectivity index (χ0v) is 4.06. The summed E-state index contributed by atoms with van der Waals surface area (Å²) in [4.78, 5) is 0. The molecule has 0 rings (SSSR count). The molecule has 0 aromatic carbocycles. The van der Waals surface area contributed by atoms with Crippen molar-refractivity contribution in [2.24, 2.45) is 0 Å². The maximum Gasteiger partial charge on any atom is 0.0560 e. The van der Waals surface area contributed by atoms with Gasteiger partial charge in [-0.3, -0.25) is 0 Å². The summed E-state index contributed by atoms with van der Waals surface area (Å²) in [5.41, 5.74) is 0. The predicted octanol–water partition coefficient (Wildman–Crippen LogP) is 1.09. The second-order valence-electron chi connectivity index (χ2n) is 0.589. The summed E-state index contributed by atoms with van der Waals surface area (Å²) in [5.74, 6) is 0. The Kier molecular flexibility index (Phi) is 4.65. The van der Waals surface area contributed by atoms with Crippen LogP contribution in [0.4, 0.5) is 0 Å². The van der Waals surface area contributed by atoms with E-state index in [1.807, 2.05) is 6.92 Å². The third-order valence-electron chi connectivity index (χ3n) is 0.209. The highest BCUT2D eigenvalue weighted by molar-refractivity contribution is 7.31. The minimum absolute atomic E-state index is 0.253. The van der Waals surface area contributed by atoms with Crippen LogP contribution in [0.15, 0.2) is 0 Å². The summed E-state index contributed by atoms with van der Waals surface area (Å²) < 4.78 is 3.72. The van der Waals surface area contributed by atoms with Crippen LogP contribution in [0.25, 0.3) is 0 Å². The van der Waals surface area contributed by atoms with Gasteiger partial charge in [-0.1, -0.05) is 6.92 Å². The van der Waals surface area contributed by atoms with E-state index in [0.29, 0.717) is 0 Å². The van der Waals surface area contributed by atoms with Crippen LogP contribution in [-0.2, 0) is 4.67 Å². The predicted molar refractivity (Wildman–Crippen MR) is 22.6 cm³/mol. The highest BCUT2D eigenvalue weighted by Crippen LogP contribution is 2.04. The lowest BCUT2D eigenvalue weighted by atomic mass is 11.0. The van der Waals surface area contributed by atoms with Crippen molar-refractivity contribution < 1.29 is 9.93 Å². The molecule has 1 unspecified atom stereocenters. The Morgan fingerprint density at radius 2 is 2.60 bits per heavy atom. The van der Waals surface area contributed by atoms with Crippen molar-refractivity contribution in [1.82, 2.24) is 0 Å². The standard InChI is InChI=1S/C2H7O2P/c1-2-5-4-3/h3,5H,2H2,1H3. The van der Waals surface area contributed by atoms with Gasteiger partial charge in [0.2, 0.25) is 0 Å². The first-order valence-electron chi connectivity index (χ1n) is 1.45. The van der Waals surface area contributed by atoms with Crippen LogP contribution in [-0.4, -0.2) is 11.4 Å². The minimum atomic E-state index is 0.253. The minimum Gasteiger partial charge on any atom is -0.249 e. The number of hydrogen-bond donors (Lipinski definition) is 1. The van der Waals surface area contributed by atoms with E-state index in [1.165, 1.54) is 0 Å². The molecule has 0 aliphatic heterocycles. The molecule has 5 heavy (non-hydrogen) atoms. The third-order valence-corrected chi connectivity index (χ3v) is 0.627. The Morgan fingerprint density at radius 1 is 2.00 bits per heavy atom. The van der Waals surface area contributed by atoms with E-state index in [0.717, 1.165) is 6.16 Å². The molecule has 0 amide bonds. The molecule has 1 atom stereocenters. The van der Waals surface area contributed by atoms with Crippen LogP contribution in [0.1, 0.15) is 6.92 Å². The molecule has 0 bridgehead atoms. The van der Waals surface area contributed by atoms with Gasteiger partial charge in [-0.2, -0.15) is 0 Å². The van der Waals surface area contributed by atoms with Gasteiger partial charge in [0.15, 0.2) is 0 Å². The molecule has 0 saturated carbocycles. The van der Waals surface area contributed by atoms with Crippen molar-refractivity contribution in [2.45, 2.75) is 6.92 Å². The highest BCUT2D eigenvalue weighted by atomic mass is 31.1. The zero-order valence-electron chi connectivity index (χ0n) is 3.06. The molecule has 0 radical (unpaired) electrons. The Labute approximate surface area is 32.9 Å². The summed E-state index contributed by atoms with van der Waals surface area (Å²) >= 11 is 0. The van der Waals surface area contributed by atoms with E-state index in [9.17, 15) is 0 Å². The Morgan fingerprint density at radius 3 is 2.60 bits per heavy atom. The van der Waals surface area contributed by atoms with Crippen LogP contribution in [0.2, 0.25) is 0 Å². The van der Waals surface area contributed by atoms with Gasteiger partial charge in [0, 0.05) is 0 Å². The average molecular weight is 94.0 g/mol. The van der Waals surface area contributed by atoms with Crippen molar-refractivity contribution in [3.63, 3.8) is 0 Å². The normalized spacial score (nSPS) is 10.8. The molecule has 0 fully saturated rings. The number of hydrogen-bond acceptors (Lipinski definition) is 2. The highest BCUT2D eigenvalue weighted by Gasteiger charge is 1.68. The topological polar surface area (TPSA) is 29.5 Å². The first-order chi connectivity index (χ1) is 2.41. The monoisotopic (exact) mass is 94.0 g/mol. The molecule has 0 aliphatic carbocycles. The summed E-state index contributed by atoms with van der Waals surface area (Å²) in [7, 11) is 0.253. The smallest absolute Gasteiger partial charge is 0.0560 e. The first kappa shape index (κ1) is 5.35. The van der Waals surface area contributed by atoms with Crippen molar-refractivity contribution in [3.05, 3.63) is 0 Å². The molecule has 0 spiro atoms. The van der Waals surface area contributed by atoms with Gasteiger partial charge >= 0.3 is 0 Å². The lowest BCUT2D eigenvalue weighted by molar-refractivity contribution is -0.122. The van der Waals surface area contributed by atoms with E-state index in [4.69, 9.17) is 5.26 Å². The Balaban J connectivity index is 2.19. The molecule has 3 heteroatoms. The van der Waals surface area contributed by atoms with E-state index < -0.39 is 0 Å². The van der Waals surface area contributed by atoms with Crippen LogP contribution < -0.4 is 0 Å². The number of rotatable bonds is 2. The summed E-state index contributed by atoms with van der Waals surface area (Å²) in [6.45, 7) is 1.94. The van der Waals surface area contributed by atoms with Crippen molar-refractivity contribution in [2.75, 3.05) is 6.16 Å². The van der Waals surface area contributed by atoms with Gasteiger partial charge in [0.1, 0.15) is 0 Å². The Bertz CT molecular complexity index is 15.1. The molecular formula is C2H7O2P. The summed E-state index contributed by atoms with van der Waals surface area (Å²) in [6.07, 6.45) is 0.899. The van der Waals surface area contributed by atoms with Crippen molar-refractivity contribution in [1.29, 1.82) is 0 Å². The van der Waals surface area contributed by atoms with Crippen molar-refractivity contribution in [3.8, 4) is 0 Å². The van der Waals surface area contributed by atoms with Crippen LogP contribution >= 0.6 is 8.81 Å². The first-order valence-corrected chi connectivity index (χ1v) is 2.56. The van der Waals surface area contributed by atoms with Gasteiger partial charge in [-0.25, -0.2) is 9.93 Å². The molecule has 2 nitrogen and oxygen atoms in total. The van der Waals surface area contributed by atoms with E-state index in [2.05, 4.69) is 4.67 Å². The molecule has 0 aliphatic rings. The molecule has 0 aromatic rings. The van der Waals surface area contributed by atoms with Gasteiger partial charge < -0.3 is 0 Å². The molecular weight excluding hydrogens is 87.0 g/mol. The van der Waals surface area contributed by atoms with Gasteiger partial charge in [0.05, 0.1) is 8.81 Å². The zero-order chi connectivity index (χ0) is 4.12. The second kappa shape index (κ2) is 4.35. The fourth-order valence-electron chi connectivity index (χ4n) is 0.0645. The van der Waals surface area contributed by atoms with E-state index >= 15 is 0 Å². The third kappa shape index (κ3) is 4.35. The second-order valence-corrected chi connectivity index (χ2v) is 1.77. The van der Waals surface area contributed by atoms with Gasteiger partial charge in [-0.05, 0) is 6.16 Å². The summed E-state index contributed by atoms with van der Waals surface area (Å²) in [6, 6.07) is 0. The SMILES string of the molecule is CCPOO. The fourth-order valence-corrected chi connectivity index (χ4v) is 0.194. The largest absolute Gasteiger partial charge is 0.249 e. The lowest BCUT2D eigenvalue weighted by Gasteiger charge is -1.81. The van der Waals surface area contributed by atoms with Crippen LogP contribution in [0, 0.1) is 0 Å².